The van der Waals surface area contributed by atoms with Crippen LogP contribution in [0.25, 0.3) is 11.0 Å². The third-order valence-corrected chi connectivity index (χ3v) is 5.51. The van der Waals surface area contributed by atoms with Gasteiger partial charge >= 0.3 is 0 Å². The van der Waals surface area contributed by atoms with Crippen LogP contribution in [0.5, 0.6) is 0 Å². The Balaban J connectivity index is 1.86. The molecule has 0 fully saturated rings. The van der Waals surface area contributed by atoms with Crippen molar-refractivity contribution in [3.8, 4) is 0 Å². The second-order valence-corrected chi connectivity index (χ2v) is 7.21. The van der Waals surface area contributed by atoms with Gasteiger partial charge in [0.15, 0.2) is 5.76 Å². The number of nitrogens with one attached hydrogen (secondary N) is 1. The van der Waals surface area contributed by atoms with Gasteiger partial charge in [-0.15, -0.1) is 0 Å². The first-order valence-electron chi connectivity index (χ1n) is 9.86. The molecule has 3 aromatic rings. The molecule has 0 aliphatic carbocycles. The van der Waals surface area contributed by atoms with E-state index in [0.717, 1.165) is 29.6 Å². The second kappa shape index (κ2) is 9.92. The van der Waals surface area contributed by atoms with E-state index < -0.39 is 0 Å². The molecular weight excluding hydrogens is 388 g/mol. The van der Waals surface area contributed by atoms with Crippen LogP contribution in [0.1, 0.15) is 41.6 Å². The van der Waals surface area contributed by atoms with Crippen LogP contribution in [0.4, 0.5) is 0 Å². The summed E-state index contributed by atoms with van der Waals surface area (Å²) in [6.45, 7) is 6.64. The van der Waals surface area contributed by atoms with Gasteiger partial charge in [0, 0.05) is 29.6 Å². The molecule has 0 saturated carbocycles. The van der Waals surface area contributed by atoms with Crippen LogP contribution >= 0.6 is 11.6 Å². The van der Waals surface area contributed by atoms with Gasteiger partial charge in [0.05, 0.1) is 12.6 Å². The first-order valence-corrected chi connectivity index (χ1v) is 10.2. The second-order valence-electron chi connectivity index (χ2n) is 6.81. The molecule has 0 radical (unpaired) electrons. The van der Waals surface area contributed by atoms with E-state index in [1.807, 2.05) is 48.5 Å². The zero-order valence-electron chi connectivity index (χ0n) is 17.1. The minimum atomic E-state index is -0.252. The van der Waals surface area contributed by atoms with Crippen molar-refractivity contribution in [1.29, 1.82) is 0 Å². The minimum Gasteiger partial charge on any atom is -0.451 e. The number of benzene rings is 2. The highest BCUT2D eigenvalue weighted by Crippen LogP contribution is 2.29. The monoisotopic (exact) mass is 414 g/mol. The molecule has 3 rings (SSSR count). The van der Waals surface area contributed by atoms with Gasteiger partial charge in [-0.05, 0) is 30.8 Å². The smallest absolute Gasteiger partial charge is 0.287 e. The molecule has 6 heteroatoms. The molecule has 1 aromatic heterocycles. The summed E-state index contributed by atoms with van der Waals surface area (Å²) in [4.78, 5) is 15.3. The molecule has 5 nitrogen and oxygen atoms in total. The number of rotatable bonds is 9. The largest absolute Gasteiger partial charge is 0.451 e. The van der Waals surface area contributed by atoms with Gasteiger partial charge in [0.2, 0.25) is 0 Å². The predicted molar refractivity (Wildman–Crippen MR) is 116 cm³/mol. The Morgan fingerprint density at radius 3 is 2.52 bits per heavy atom. The van der Waals surface area contributed by atoms with E-state index in [-0.39, 0.29) is 11.9 Å². The van der Waals surface area contributed by atoms with E-state index in [1.54, 1.807) is 7.11 Å². The summed E-state index contributed by atoms with van der Waals surface area (Å²) in [5, 5.41) is 4.64. The number of nitrogens with zero attached hydrogens (tertiary/aromatic N) is 1. The number of hydrogen-bond acceptors (Lipinski definition) is 4. The third-order valence-electron chi connectivity index (χ3n) is 5.17. The van der Waals surface area contributed by atoms with Gasteiger partial charge in [-0.3, -0.25) is 9.69 Å². The number of methoxy groups -OCH3 is 1. The van der Waals surface area contributed by atoms with Gasteiger partial charge in [-0.1, -0.05) is 61.8 Å². The van der Waals surface area contributed by atoms with Crippen molar-refractivity contribution in [2.45, 2.75) is 26.5 Å². The van der Waals surface area contributed by atoms with E-state index in [2.05, 4.69) is 24.1 Å². The maximum atomic E-state index is 13.0. The van der Waals surface area contributed by atoms with Gasteiger partial charge in [0.25, 0.3) is 5.91 Å². The predicted octanol–water partition coefficient (Wildman–Crippen LogP) is 5.05. The first kappa shape index (κ1) is 21.4. The third kappa shape index (κ3) is 4.64. The molecule has 1 amide bonds. The average Bonchev–Trinajstić information content (AvgIpc) is 3.11. The van der Waals surface area contributed by atoms with Gasteiger partial charge in [-0.25, -0.2) is 0 Å². The highest BCUT2D eigenvalue weighted by Gasteiger charge is 2.24. The van der Waals surface area contributed by atoms with E-state index in [0.29, 0.717) is 29.5 Å². The molecule has 0 aliphatic rings. The van der Waals surface area contributed by atoms with Crippen molar-refractivity contribution in [2.75, 3.05) is 26.7 Å². The molecule has 0 aliphatic heterocycles. The summed E-state index contributed by atoms with van der Waals surface area (Å²) in [5.74, 6) is 0.0444. The quantitative estimate of drug-likeness (QED) is 0.532. The Morgan fingerprint density at radius 2 is 1.83 bits per heavy atom. The molecule has 0 saturated heterocycles. The Bertz CT molecular complexity index is 966. The summed E-state index contributed by atoms with van der Waals surface area (Å²) < 4.78 is 11.2. The maximum absolute atomic E-state index is 13.0. The molecule has 1 heterocycles. The molecule has 1 atom stereocenters. The topological polar surface area (TPSA) is 54.7 Å². The van der Waals surface area contributed by atoms with E-state index >= 15 is 0 Å². The highest BCUT2D eigenvalue weighted by atomic mass is 35.5. The highest BCUT2D eigenvalue weighted by molar-refractivity contribution is 6.31. The van der Waals surface area contributed by atoms with E-state index in [4.69, 9.17) is 20.8 Å². The molecule has 2 aromatic carbocycles. The number of ether oxygens (including phenoxy) is 1. The fraction of sp³-hybridized carbons (Fsp3) is 0.348. The number of hydrogen-bond donors (Lipinski definition) is 1. The number of carbonyl (C=O) groups is 1. The lowest BCUT2D eigenvalue weighted by Crippen LogP contribution is -2.38. The van der Waals surface area contributed by atoms with E-state index in [9.17, 15) is 4.79 Å². The normalized spacial score (nSPS) is 12.4. The maximum Gasteiger partial charge on any atom is 0.287 e. The summed E-state index contributed by atoms with van der Waals surface area (Å²) in [7, 11) is 1.61. The SMILES string of the molecule is CCN(CC)C(CNC(=O)c1oc2ccccc2c1COC)c1ccccc1Cl. The van der Waals surface area contributed by atoms with Crippen LogP contribution < -0.4 is 5.32 Å². The Kier molecular flexibility index (Phi) is 7.31. The van der Waals surface area contributed by atoms with Gasteiger partial charge in [-0.2, -0.15) is 0 Å². The fourth-order valence-electron chi connectivity index (χ4n) is 3.68. The number of fused-ring (bicyclic) bond motifs is 1. The molecule has 0 spiro atoms. The van der Waals surface area contributed by atoms with Crippen LogP contribution in [-0.2, 0) is 11.3 Å². The molecule has 1 N–H and O–H groups in total. The minimum absolute atomic E-state index is 0.0297. The summed E-state index contributed by atoms with van der Waals surface area (Å²) in [5.41, 5.74) is 2.44. The van der Waals surface area contributed by atoms with Crippen LogP contribution in [0.2, 0.25) is 5.02 Å². The number of para-hydroxylation sites is 1. The summed E-state index contributed by atoms with van der Waals surface area (Å²) in [6.07, 6.45) is 0. The van der Waals surface area contributed by atoms with Crippen molar-refractivity contribution >= 4 is 28.5 Å². The number of carbonyl (C=O) groups excluding carboxylic acids is 1. The summed E-state index contributed by atoms with van der Waals surface area (Å²) >= 11 is 6.45. The molecule has 154 valence electrons. The lowest BCUT2D eigenvalue weighted by molar-refractivity contribution is 0.0903. The molecule has 0 bridgehead atoms. The lowest BCUT2D eigenvalue weighted by Gasteiger charge is -2.30. The molecule has 29 heavy (non-hydrogen) atoms. The van der Waals surface area contributed by atoms with Crippen molar-refractivity contribution < 1.29 is 13.9 Å². The summed E-state index contributed by atoms with van der Waals surface area (Å²) in [6, 6.07) is 15.3. The number of halogens is 1. The first-order chi connectivity index (χ1) is 14.1. The molecule has 1 unspecified atom stereocenters. The number of furan rings is 1. The molecular formula is C23H27ClN2O3. The van der Waals surface area contributed by atoms with Crippen molar-refractivity contribution in [3.63, 3.8) is 0 Å². The van der Waals surface area contributed by atoms with Crippen molar-refractivity contribution in [1.82, 2.24) is 10.2 Å². The van der Waals surface area contributed by atoms with Gasteiger partial charge < -0.3 is 14.5 Å². The standard InChI is InChI=1S/C23H27ClN2O3/c1-4-26(5-2)20(17-11-6-8-12-19(17)24)14-25-23(27)22-18(15-28-3)16-10-7-9-13-21(16)29-22/h6-13,20H,4-5,14-15H2,1-3H3,(H,25,27). The van der Waals surface area contributed by atoms with Gasteiger partial charge in [0.1, 0.15) is 5.58 Å². The van der Waals surface area contributed by atoms with Crippen LogP contribution in [0, 0.1) is 0 Å². The van der Waals surface area contributed by atoms with Crippen molar-refractivity contribution in [2.24, 2.45) is 0 Å². The van der Waals surface area contributed by atoms with E-state index in [1.165, 1.54) is 0 Å². The Morgan fingerprint density at radius 1 is 1.14 bits per heavy atom. The lowest BCUT2D eigenvalue weighted by atomic mass is 10.0. The Hall–Kier alpha value is -2.34. The van der Waals surface area contributed by atoms with Crippen LogP contribution in [0.3, 0.4) is 0 Å². The zero-order valence-corrected chi connectivity index (χ0v) is 17.8. The van der Waals surface area contributed by atoms with Crippen LogP contribution in [-0.4, -0.2) is 37.6 Å². The van der Waals surface area contributed by atoms with Crippen molar-refractivity contribution in [3.05, 3.63) is 70.4 Å². The number of amides is 1. The number of likely N-dealkylation sites (N-methyl/N-ethyl adjacent to an activating group) is 1. The zero-order chi connectivity index (χ0) is 20.8. The fourth-order valence-corrected chi connectivity index (χ4v) is 3.95. The average molecular weight is 415 g/mol. The van der Waals surface area contributed by atoms with Crippen LogP contribution in [0.15, 0.2) is 52.9 Å². The Labute approximate surface area is 176 Å².